The fourth-order valence-corrected chi connectivity index (χ4v) is 4.26. The lowest BCUT2D eigenvalue weighted by molar-refractivity contribution is -0.137. The SMILES string of the molecule is Cc1noc(C)c1COc1ccc(C(=O)NC2CN(C(=O)Nc3cccc(C(F)(F)F)c3)CCCC2O)cc1. The number of ether oxygens (including phenoxy) is 1. The maximum Gasteiger partial charge on any atom is 0.416 e. The summed E-state index contributed by atoms with van der Waals surface area (Å²) in [5.41, 5.74) is 1.04. The van der Waals surface area contributed by atoms with E-state index in [-0.39, 0.29) is 25.4 Å². The third-order valence-corrected chi connectivity index (χ3v) is 6.54. The molecule has 4 rings (SSSR count). The number of alkyl halides is 3. The molecule has 208 valence electrons. The van der Waals surface area contributed by atoms with Crippen molar-refractivity contribution in [2.24, 2.45) is 0 Å². The van der Waals surface area contributed by atoms with Crippen LogP contribution in [0.25, 0.3) is 0 Å². The Morgan fingerprint density at radius 3 is 2.59 bits per heavy atom. The van der Waals surface area contributed by atoms with E-state index in [4.69, 9.17) is 9.26 Å². The first kappa shape index (κ1) is 28.0. The van der Waals surface area contributed by atoms with Gasteiger partial charge in [-0.05, 0) is 69.2 Å². The number of anilines is 1. The lowest BCUT2D eigenvalue weighted by atomic mass is 10.1. The van der Waals surface area contributed by atoms with E-state index >= 15 is 0 Å². The Balaban J connectivity index is 1.36. The number of nitrogens with one attached hydrogen (secondary N) is 2. The largest absolute Gasteiger partial charge is 0.489 e. The van der Waals surface area contributed by atoms with Gasteiger partial charge in [-0.2, -0.15) is 13.2 Å². The first-order valence-electron chi connectivity index (χ1n) is 12.4. The monoisotopic (exact) mass is 546 g/mol. The van der Waals surface area contributed by atoms with Gasteiger partial charge in [0.2, 0.25) is 0 Å². The van der Waals surface area contributed by atoms with Crippen molar-refractivity contribution in [2.75, 3.05) is 18.4 Å². The molecule has 0 bridgehead atoms. The minimum absolute atomic E-state index is 0.00290. The lowest BCUT2D eigenvalue weighted by Gasteiger charge is -2.27. The number of carbonyl (C=O) groups is 2. The molecule has 2 heterocycles. The molecule has 1 saturated heterocycles. The Morgan fingerprint density at radius 1 is 1.18 bits per heavy atom. The molecule has 2 atom stereocenters. The number of hydrogen-bond acceptors (Lipinski definition) is 6. The smallest absolute Gasteiger partial charge is 0.416 e. The number of aliphatic hydroxyl groups excluding tert-OH is 1. The van der Waals surface area contributed by atoms with Crippen LogP contribution in [0.4, 0.5) is 23.7 Å². The van der Waals surface area contributed by atoms with Crippen LogP contribution in [0.1, 0.15) is 45.8 Å². The molecule has 3 aromatic rings. The zero-order valence-corrected chi connectivity index (χ0v) is 21.4. The molecule has 0 radical (unpaired) electrons. The van der Waals surface area contributed by atoms with E-state index in [2.05, 4.69) is 15.8 Å². The number of benzene rings is 2. The van der Waals surface area contributed by atoms with E-state index in [0.29, 0.717) is 29.9 Å². The van der Waals surface area contributed by atoms with Crippen molar-refractivity contribution in [1.82, 2.24) is 15.4 Å². The molecular weight excluding hydrogens is 517 g/mol. The van der Waals surface area contributed by atoms with Crippen molar-refractivity contribution in [1.29, 1.82) is 0 Å². The molecule has 1 aliphatic rings. The normalized spacial score (nSPS) is 17.8. The summed E-state index contributed by atoms with van der Waals surface area (Å²) in [6.45, 7) is 4.13. The molecule has 0 spiro atoms. The maximum atomic E-state index is 13.0. The third kappa shape index (κ3) is 7.08. The molecule has 12 heteroatoms. The minimum atomic E-state index is -4.54. The van der Waals surface area contributed by atoms with Crippen LogP contribution in [0.5, 0.6) is 5.75 Å². The molecule has 1 aromatic heterocycles. The van der Waals surface area contributed by atoms with E-state index in [1.54, 1.807) is 31.2 Å². The molecule has 39 heavy (non-hydrogen) atoms. The van der Waals surface area contributed by atoms with Crippen molar-refractivity contribution in [3.8, 4) is 5.75 Å². The number of hydrogen-bond donors (Lipinski definition) is 3. The second-order valence-corrected chi connectivity index (χ2v) is 9.36. The van der Waals surface area contributed by atoms with Crippen LogP contribution in [-0.4, -0.2) is 52.3 Å². The van der Waals surface area contributed by atoms with Crippen LogP contribution in [0.3, 0.4) is 0 Å². The molecule has 0 saturated carbocycles. The number of aliphatic hydroxyl groups is 1. The van der Waals surface area contributed by atoms with Gasteiger partial charge in [0.15, 0.2) is 0 Å². The van der Waals surface area contributed by atoms with Crippen LogP contribution in [0, 0.1) is 13.8 Å². The van der Waals surface area contributed by atoms with E-state index in [1.807, 2.05) is 6.92 Å². The minimum Gasteiger partial charge on any atom is -0.489 e. The summed E-state index contributed by atoms with van der Waals surface area (Å²) in [6, 6.07) is 9.40. The fourth-order valence-electron chi connectivity index (χ4n) is 4.26. The standard InChI is InChI=1S/C27H29F3N4O5/c1-16-22(17(2)39-33-16)15-38-21-10-8-18(9-11-21)25(36)32-23-14-34(12-4-7-24(23)35)26(37)31-20-6-3-5-19(13-20)27(28,29)30/h3,5-6,8-11,13,23-24,35H,4,7,12,14-15H2,1-2H3,(H,31,37)(H,32,36). The highest BCUT2D eigenvalue weighted by Gasteiger charge is 2.32. The number of likely N-dealkylation sites (tertiary alicyclic amines) is 1. The van der Waals surface area contributed by atoms with Gasteiger partial charge < -0.3 is 29.9 Å². The predicted octanol–water partition coefficient (Wildman–Crippen LogP) is 4.68. The Bertz CT molecular complexity index is 1290. The highest BCUT2D eigenvalue weighted by molar-refractivity contribution is 5.94. The van der Waals surface area contributed by atoms with Gasteiger partial charge in [-0.25, -0.2) is 4.79 Å². The van der Waals surface area contributed by atoms with Crippen molar-refractivity contribution in [2.45, 2.75) is 51.6 Å². The second kappa shape index (κ2) is 11.8. The van der Waals surface area contributed by atoms with Crippen molar-refractivity contribution >= 4 is 17.6 Å². The highest BCUT2D eigenvalue weighted by atomic mass is 19.4. The van der Waals surface area contributed by atoms with Gasteiger partial charge >= 0.3 is 12.2 Å². The zero-order chi connectivity index (χ0) is 28.2. The number of nitrogens with zero attached hydrogens (tertiary/aromatic N) is 2. The summed E-state index contributed by atoms with van der Waals surface area (Å²) in [4.78, 5) is 27.1. The predicted molar refractivity (Wildman–Crippen MR) is 135 cm³/mol. The summed E-state index contributed by atoms with van der Waals surface area (Å²) >= 11 is 0. The molecule has 3 N–H and O–H groups in total. The lowest BCUT2D eigenvalue weighted by Crippen LogP contribution is -2.50. The van der Waals surface area contributed by atoms with E-state index in [1.165, 1.54) is 17.0 Å². The summed E-state index contributed by atoms with van der Waals surface area (Å²) in [6.07, 6.45) is -4.64. The van der Waals surface area contributed by atoms with Crippen LogP contribution < -0.4 is 15.4 Å². The number of amides is 3. The van der Waals surface area contributed by atoms with Crippen LogP contribution >= 0.6 is 0 Å². The number of carbonyl (C=O) groups excluding carboxylic acids is 2. The topological polar surface area (TPSA) is 117 Å². The number of aryl methyl sites for hydroxylation is 2. The van der Waals surface area contributed by atoms with Crippen molar-refractivity contribution in [3.05, 3.63) is 76.7 Å². The average molecular weight is 547 g/mol. The first-order chi connectivity index (χ1) is 18.5. The summed E-state index contributed by atoms with van der Waals surface area (Å²) in [5, 5.41) is 19.7. The van der Waals surface area contributed by atoms with Gasteiger partial charge in [0.1, 0.15) is 18.1 Å². The Kier molecular flexibility index (Phi) is 8.44. The first-order valence-corrected chi connectivity index (χ1v) is 12.4. The van der Waals surface area contributed by atoms with E-state index in [9.17, 15) is 27.9 Å². The Morgan fingerprint density at radius 2 is 1.92 bits per heavy atom. The summed E-state index contributed by atoms with van der Waals surface area (Å²) in [7, 11) is 0. The van der Waals surface area contributed by atoms with Gasteiger partial charge in [0, 0.05) is 24.3 Å². The average Bonchev–Trinajstić information content (AvgIpc) is 3.10. The summed E-state index contributed by atoms with van der Waals surface area (Å²) in [5.74, 6) is 0.762. The van der Waals surface area contributed by atoms with Crippen LogP contribution in [0.15, 0.2) is 53.1 Å². The van der Waals surface area contributed by atoms with Crippen molar-refractivity contribution in [3.63, 3.8) is 0 Å². The molecule has 0 aliphatic carbocycles. The van der Waals surface area contributed by atoms with Crippen LogP contribution in [0.2, 0.25) is 0 Å². The zero-order valence-electron chi connectivity index (χ0n) is 21.4. The third-order valence-electron chi connectivity index (χ3n) is 6.54. The molecule has 3 amide bonds. The highest BCUT2D eigenvalue weighted by Crippen LogP contribution is 2.30. The molecule has 9 nitrogen and oxygen atoms in total. The van der Waals surface area contributed by atoms with Gasteiger partial charge in [-0.3, -0.25) is 4.79 Å². The molecule has 1 aliphatic heterocycles. The Hall–Kier alpha value is -4.06. The molecular formula is C27H29F3N4O5. The summed E-state index contributed by atoms with van der Waals surface area (Å²) < 4.78 is 49.9. The van der Waals surface area contributed by atoms with E-state index in [0.717, 1.165) is 23.4 Å². The molecule has 1 fully saturated rings. The van der Waals surface area contributed by atoms with Gasteiger partial charge in [-0.15, -0.1) is 0 Å². The van der Waals surface area contributed by atoms with Crippen molar-refractivity contribution < 1.29 is 37.1 Å². The second-order valence-electron chi connectivity index (χ2n) is 9.36. The van der Waals surface area contributed by atoms with Gasteiger partial charge in [-0.1, -0.05) is 11.2 Å². The quantitative estimate of drug-likeness (QED) is 0.414. The van der Waals surface area contributed by atoms with Gasteiger partial charge in [0.05, 0.1) is 29.0 Å². The Labute approximate surface area is 222 Å². The number of rotatable bonds is 6. The number of urea groups is 1. The number of aromatic nitrogens is 1. The van der Waals surface area contributed by atoms with Crippen LogP contribution in [-0.2, 0) is 12.8 Å². The molecule has 2 aromatic carbocycles. The molecule has 2 unspecified atom stereocenters. The fraction of sp³-hybridized carbons (Fsp3) is 0.370. The van der Waals surface area contributed by atoms with Gasteiger partial charge in [0.25, 0.3) is 5.91 Å². The van der Waals surface area contributed by atoms with E-state index < -0.39 is 35.8 Å². The number of halogens is 3. The maximum absolute atomic E-state index is 13.0.